The fourth-order valence-corrected chi connectivity index (χ4v) is 1.38. The molecule has 0 radical (unpaired) electrons. The van der Waals surface area contributed by atoms with E-state index in [0.29, 0.717) is 5.82 Å². The lowest BCUT2D eigenvalue weighted by molar-refractivity contribution is -0.139. The van der Waals surface area contributed by atoms with E-state index in [2.05, 4.69) is 20.8 Å². The van der Waals surface area contributed by atoms with Crippen LogP contribution in [0.1, 0.15) is 18.7 Å². The van der Waals surface area contributed by atoms with Crippen LogP contribution in [-0.4, -0.2) is 43.8 Å². The second-order valence-electron chi connectivity index (χ2n) is 4.08. The summed E-state index contributed by atoms with van der Waals surface area (Å²) in [6.07, 6.45) is 1.28. The molecule has 10 nitrogen and oxygen atoms in total. The van der Waals surface area contributed by atoms with E-state index in [0.717, 1.165) is 0 Å². The first kappa shape index (κ1) is 15.4. The number of hydrogen-bond acceptors (Lipinski definition) is 5. The highest BCUT2D eigenvalue weighted by molar-refractivity contribution is 5.83. The number of nitrogens with zero attached hydrogens (tertiary/aromatic N) is 3. The number of aliphatic carboxylic acids is 1. The van der Waals surface area contributed by atoms with Crippen molar-refractivity contribution in [3.8, 4) is 0 Å². The summed E-state index contributed by atoms with van der Waals surface area (Å²) in [5.41, 5.74) is 4.93. The summed E-state index contributed by atoms with van der Waals surface area (Å²) in [5, 5.41) is 21.0. The van der Waals surface area contributed by atoms with Crippen LogP contribution in [0.2, 0.25) is 0 Å². The molecule has 20 heavy (non-hydrogen) atoms. The molecule has 3 amide bonds. The molecule has 1 aromatic heterocycles. The summed E-state index contributed by atoms with van der Waals surface area (Å²) in [6, 6.07) is -1.85. The molecule has 110 valence electrons. The Labute approximate surface area is 114 Å². The number of amides is 3. The van der Waals surface area contributed by atoms with Crippen molar-refractivity contribution >= 4 is 17.9 Å². The van der Waals surface area contributed by atoms with Crippen molar-refractivity contribution < 1.29 is 19.5 Å². The normalized spacial score (nSPS) is 11.7. The molecule has 0 unspecified atom stereocenters. The minimum atomic E-state index is -1.24. The molecule has 0 saturated carbocycles. The molecule has 0 saturated heterocycles. The summed E-state index contributed by atoms with van der Waals surface area (Å²) in [7, 11) is 1.71. The maximum atomic E-state index is 11.5. The standard InChI is InChI=1S/C10H16N6O4/c1-16-5-13-15-8(16)4-12-10(20)14-6(9(18)19)2-3-7(11)17/h5-6H,2-4H2,1H3,(H2,11,17)(H,18,19)(H2,12,14,20)/t6-/m1/s1. The van der Waals surface area contributed by atoms with Gasteiger partial charge in [-0.15, -0.1) is 10.2 Å². The Morgan fingerprint density at radius 2 is 2.20 bits per heavy atom. The zero-order valence-electron chi connectivity index (χ0n) is 10.9. The Hall–Kier alpha value is -2.65. The van der Waals surface area contributed by atoms with Gasteiger partial charge in [0.2, 0.25) is 5.91 Å². The molecule has 10 heteroatoms. The highest BCUT2D eigenvalue weighted by atomic mass is 16.4. The third-order valence-corrected chi connectivity index (χ3v) is 2.50. The summed E-state index contributed by atoms with van der Waals surface area (Å²) < 4.78 is 1.61. The average molecular weight is 284 g/mol. The molecule has 1 heterocycles. The topological polar surface area (TPSA) is 152 Å². The number of primary amides is 1. The Morgan fingerprint density at radius 3 is 2.70 bits per heavy atom. The molecule has 0 bridgehead atoms. The van der Waals surface area contributed by atoms with Gasteiger partial charge >= 0.3 is 12.0 Å². The molecule has 0 aliphatic rings. The first-order chi connectivity index (χ1) is 9.40. The SMILES string of the molecule is Cn1cnnc1CNC(=O)N[C@H](CCC(N)=O)C(=O)O. The molecule has 0 spiro atoms. The Bertz CT molecular complexity index is 500. The number of nitrogens with one attached hydrogen (secondary N) is 2. The summed E-state index contributed by atoms with van der Waals surface area (Å²) >= 11 is 0. The zero-order valence-corrected chi connectivity index (χ0v) is 10.9. The molecular weight excluding hydrogens is 268 g/mol. The van der Waals surface area contributed by atoms with Crippen molar-refractivity contribution in [2.45, 2.75) is 25.4 Å². The fourth-order valence-electron chi connectivity index (χ4n) is 1.38. The highest BCUT2D eigenvalue weighted by Gasteiger charge is 2.20. The van der Waals surface area contributed by atoms with Gasteiger partial charge in [0.05, 0.1) is 6.54 Å². The van der Waals surface area contributed by atoms with Gasteiger partial charge in [-0.05, 0) is 6.42 Å². The minimum absolute atomic E-state index is 0.0674. The minimum Gasteiger partial charge on any atom is -0.480 e. The number of nitrogens with two attached hydrogens (primary N) is 1. The predicted octanol–water partition coefficient (Wildman–Crippen LogP) is -1.67. The van der Waals surface area contributed by atoms with E-state index in [1.807, 2.05) is 0 Å². The van der Waals surface area contributed by atoms with E-state index in [1.165, 1.54) is 6.33 Å². The smallest absolute Gasteiger partial charge is 0.326 e. The molecule has 0 aliphatic carbocycles. The van der Waals surface area contributed by atoms with Crippen LogP contribution >= 0.6 is 0 Å². The van der Waals surface area contributed by atoms with Crippen molar-refractivity contribution in [1.29, 1.82) is 0 Å². The quantitative estimate of drug-likeness (QED) is 0.470. The number of urea groups is 1. The lowest BCUT2D eigenvalue weighted by Gasteiger charge is -2.14. The van der Waals surface area contributed by atoms with Gasteiger partial charge in [0.1, 0.15) is 12.4 Å². The van der Waals surface area contributed by atoms with E-state index >= 15 is 0 Å². The van der Waals surface area contributed by atoms with Gasteiger partial charge in [-0.3, -0.25) is 4.79 Å². The second kappa shape index (κ2) is 7.07. The monoisotopic (exact) mass is 284 g/mol. The van der Waals surface area contributed by atoms with Crippen LogP contribution < -0.4 is 16.4 Å². The predicted molar refractivity (Wildman–Crippen MR) is 66.2 cm³/mol. The summed E-state index contributed by atoms with van der Waals surface area (Å²) in [4.78, 5) is 33.1. The van der Waals surface area contributed by atoms with Crippen molar-refractivity contribution in [3.63, 3.8) is 0 Å². The van der Waals surface area contributed by atoms with E-state index in [1.54, 1.807) is 11.6 Å². The van der Waals surface area contributed by atoms with Crippen LogP contribution in [0.5, 0.6) is 0 Å². The van der Waals surface area contributed by atoms with E-state index < -0.39 is 23.9 Å². The van der Waals surface area contributed by atoms with Gasteiger partial charge < -0.3 is 26.0 Å². The molecular formula is C10H16N6O4. The van der Waals surface area contributed by atoms with E-state index in [9.17, 15) is 14.4 Å². The van der Waals surface area contributed by atoms with Crippen LogP contribution in [0.3, 0.4) is 0 Å². The molecule has 0 aliphatic heterocycles. The molecule has 1 atom stereocenters. The number of carbonyl (C=O) groups is 3. The van der Waals surface area contributed by atoms with Crippen LogP contribution in [0, 0.1) is 0 Å². The Kier molecular flexibility index (Phi) is 5.44. The number of carbonyl (C=O) groups excluding carboxylic acids is 2. The molecule has 0 aromatic carbocycles. The van der Waals surface area contributed by atoms with Crippen molar-refractivity contribution in [2.24, 2.45) is 12.8 Å². The number of aromatic nitrogens is 3. The number of aryl methyl sites for hydroxylation is 1. The van der Waals surface area contributed by atoms with Crippen molar-refractivity contribution in [1.82, 2.24) is 25.4 Å². The highest BCUT2D eigenvalue weighted by Crippen LogP contribution is 1.97. The van der Waals surface area contributed by atoms with Crippen LogP contribution in [0.15, 0.2) is 6.33 Å². The lowest BCUT2D eigenvalue weighted by atomic mass is 10.1. The number of hydrogen-bond donors (Lipinski definition) is 4. The first-order valence-electron chi connectivity index (χ1n) is 5.78. The average Bonchev–Trinajstić information content (AvgIpc) is 2.77. The largest absolute Gasteiger partial charge is 0.480 e. The van der Waals surface area contributed by atoms with Gasteiger partial charge in [0.15, 0.2) is 5.82 Å². The zero-order chi connectivity index (χ0) is 15.1. The van der Waals surface area contributed by atoms with E-state index in [4.69, 9.17) is 10.8 Å². The van der Waals surface area contributed by atoms with Gasteiger partial charge in [-0.2, -0.15) is 0 Å². The van der Waals surface area contributed by atoms with Crippen LogP contribution in [0.25, 0.3) is 0 Å². The van der Waals surface area contributed by atoms with Crippen LogP contribution in [0.4, 0.5) is 4.79 Å². The maximum Gasteiger partial charge on any atom is 0.326 e. The fraction of sp³-hybridized carbons (Fsp3) is 0.500. The third-order valence-electron chi connectivity index (χ3n) is 2.50. The number of rotatable bonds is 7. The lowest BCUT2D eigenvalue weighted by Crippen LogP contribution is -2.46. The first-order valence-corrected chi connectivity index (χ1v) is 5.78. The third kappa shape index (κ3) is 4.92. The summed E-state index contributed by atoms with van der Waals surface area (Å²) in [5.74, 6) is -1.35. The molecule has 0 fully saturated rings. The number of carboxylic acids is 1. The van der Waals surface area contributed by atoms with Gasteiger partial charge in [-0.25, -0.2) is 9.59 Å². The molecule has 1 aromatic rings. The van der Waals surface area contributed by atoms with E-state index in [-0.39, 0.29) is 19.4 Å². The van der Waals surface area contributed by atoms with Crippen LogP contribution in [-0.2, 0) is 23.2 Å². The Balaban J connectivity index is 2.43. The molecule has 1 rings (SSSR count). The maximum absolute atomic E-state index is 11.5. The Morgan fingerprint density at radius 1 is 1.50 bits per heavy atom. The van der Waals surface area contributed by atoms with Gasteiger partial charge in [0, 0.05) is 13.5 Å². The van der Waals surface area contributed by atoms with Gasteiger partial charge in [-0.1, -0.05) is 0 Å². The van der Waals surface area contributed by atoms with Crippen molar-refractivity contribution in [2.75, 3.05) is 0 Å². The second-order valence-corrected chi connectivity index (χ2v) is 4.08. The van der Waals surface area contributed by atoms with Crippen molar-refractivity contribution in [3.05, 3.63) is 12.2 Å². The molecule has 5 N–H and O–H groups in total. The number of carboxylic acid groups (broad SMARTS) is 1. The van der Waals surface area contributed by atoms with Gasteiger partial charge in [0.25, 0.3) is 0 Å². The summed E-state index contributed by atoms with van der Waals surface area (Å²) in [6.45, 7) is 0.102.